The second kappa shape index (κ2) is 6.32. The van der Waals surface area contributed by atoms with Crippen molar-refractivity contribution in [2.24, 2.45) is 0 Å². The summed E-state index contributed by atoms with van der Waals surface area (Å²) in [5, 5.41) is 0. The fraction of sp³-hybridized carbons (Fsp3) is 0.375. The zero-order chi connectivity index (χ0) is 16.9. The molecule has 23 heavy (non-hydrogen) atoms. The van der Waals surface area contributed by atoms with E-state index in [1.165, 1.54) is 17.4 Å². The van der Waals surface area contributed by atoms with Crippen LogP contribution in [-0.4, -0.2) is 13.6 Å². The van der Waals surface area contributed by atoms with Gasteiger partial charge in [0.2, 0.25) is 0 Å². The first-order valence-electron chi connectivity index (χ1n) is 7.11. The highest BCUT2D eigenvalue weighted by molar-refractivity contribution is 9.10. The zero-order valence-electron chi connectivity index (χ0n) is 12.9. The molecule has 0 amide bonds. The fourth-order valence-electron chi connectivity index (χ4n) is 2.71. The summed E-state index contributed by atoms with van der Waals surface area (Å²) in [6, 6.07) is 6.60. The van der Waals surface area contributed by atoms with Gasteiger partial charge in [-0.25, -0.2) is 4.39 Å². The second-order valence-corrected chi connectivity index (χ2v) is 11.2. The molecule has 0 spiro atoms. The normalized spacial score (nSPS) is 19.9. The average Bonchev–Trinajstić information content (AvgIpc) is 2.96. The molecular weight excluding hydrogens is 421 g/mol. The monoisotopic (exact) mass is 435 g/mol. The fourth-order valence-corrected chi connectivity index (χ4v) is 5.95. The SMILES string of the molecule is CC(C)(C)[S+]([O-])N1Cc2sc(Cl)cc2[C@@H]1c1cccc(F)c1Br. The van der Waals surface area contributed by atoms with E-state index in [2.05, 4.69) is 15.9 Å². The van der Waals surface area contributed by atoms with Crippen LogP contribution in [0.2, 0.25) is 4.34 Å². The maximum Gasteiger partial charge on any atom is 0.137 e. The van der Waals surface area contributed by atoms with Gasteiger partial charge in [0.05, 0.1) is 15.4 Å². The first-order valence-corrected chi connectivity index (χ1v) is 10.2. The van der Waals surface area contributed by atoms with Crippen LogP contribution in [0.15, 0.2) is 28.7 Å². The van der Waals surface area contributed by atoms with Gasteiger partial charge in [0.1, 0.15) is 16.6 Å². The van der Waals surface area contributed by atoms with Crippen molar-refractivity contribution in [2.75, 3.05) is 0 Å². The van der Waals surface area contributed by atoms with Crippen molar-refractivity contribution in [2.45, 2.75) is 38.1 Å². The molecule has 0 aliphatic carbocycles. The molecule has 1 aliphatic heterocycles. The first-order chi connectivity index (χ1) is 10.7. The van der Waals surface area contributed by atoms with Gasteiger partial charge in [0, 0.05) is 16.2 Å². The van der Waals surface area contributed by atoms with Crippen LogP contribution < -0.4 is 0 Å². The van der Waals surface area contributed by atoms with E-state index in [0.29, 0.717) is 15.4 Å². The van der Waals surface area contributed by atoms with Crippen LogP contribution in [0.25, 0.3) is 0 Å². The lowest BCUT2D eigenvalue weighted by Gasteiger charge is -2.34. The Morgan fingerprint density at radius 1 is 1.39 bits per heavy atom. The number of hydrogen-bond donors (Lipinski definition) is 0. The number of thiophene rings is 1. The summed E-state index contributed by atoms with van der Waals surface area (Å²) in [7, 11) is 0. The summed E-state index contributed by atoms with van der Waals surface area (Å²) in [5.74, 6) is -0.321. The van der Waals surface area contributed by atoms with E-state index in [1.807, 2.05) is 37.2 Å². The topological polar surface area (TPSA) is 26.3 Å². The molecule has 124 valence electrons. The van der Waals surface area contributed by atoms with Crippen LogP contribution in [0.5, 0.6) is 0 Å². The van der Waals surface area contributed by atoms with Crippen molar-refractivity contribution < 1.29 is 8.94 Å². The standard InChI is InChI=1S/C16H16BrClFNOS2/c1-16(2,3)23(21)20-8-12-10(7-13(18)22-12)15(20)9-5-4-6-11(19)14(9)17/h4-7,15H,8H2,1-3H3/t15-,23?/m0/s1. The van der Waals surface area contributed by atoms with Gasteiger partial charge in [-0.15, -0.1) is 15.6 Å². The van der Waals surface area contributed by atoms with Crippen molar-refractivity contribution in [1.29, 1.82) is 0 Å². The average molecular weight is 437 g/mol. The predicted molar refractivity (Wildman–Crippen MR) is 98.7 cm³/mol. The first kappa shape index (κ1) is 17.7. The highest BCUT2D eigenvalue weighted by Crippen LogP contribution is 2.48. The molecule has 0 radical (unpaired) electrons. The van der Waals surface area contributed by atoms with Gasteiger partial charge >= 0.3 is 0 Å². The highest BCUT2D eigenvalue weighted by atomic mass is 79.9. The lowest BCUT2D eigenvalue weighted by atomic mass is 10.0. The predicted octanol–water partition coefficient (Wildman–Crippen LogP) is 5.67. The van der Waals surface area contributed by atoms with Gasteiger partial charge in [-0.1, -0.05) is 23.7 Å². The molecule has 2 nitrogen and oxygen atoms in total. The molecule has 2 heterocycles. The molecule has 2 aromatic rings. The number of rotatable bonds is 2. The molecule has 0 N–H and O–H groups in total. The number of fused-ring (bicyclic) bond motifs is 1. The molecule has 1 aromatic carbocycles. The minimum absolute atomic E-state index is 0.265. The Balaban J connectivity index is 2.12. The smallest absolute Gasteiger partial charge is 0.137 e. The number of benzene rings is 1. The molecule has 3 rings (SSSR count). The maximum absolute atomic E-state index is 14.0. The van der Waals surface area contributed by atoms with Crippen molar-refractivity contribution >= 4 is 50.2 Å². The summed E-state index contributed by atoms with van der Waals surface area (Å²) in [6.45, 7) is 6.39. The van der Waals surface area contributed by atoms with Gasteiger partial charge in [0.15, 0.2) is 0 Å². The second-order valence-electron chi connectivity index (χ2n) is 6.41. The lowest BCUT2D eigenvalue weighted by Crippen LogP contribution is -2.42. The van der Waals surface area contributed by atoms with Gasteiger partial charge in [-0.05, 0) is 60.0 Å². The summed E-state index contributed by atoms with van der Waals surface area (Å²) >= 11 is 9.79. The lowest BCUT2D eigenvalue weighted by molar-refractivity contribution is 0.371. The third kappa shape index (κ3) is 3.22. The number of halogens is 3. The van der Waals surface area contributed by atoms with Crippen molar-refractivity contribution in [1.82, 2.24) is 4.31 Å². The Labute approximate surface area is 156 Å². The minimum atomic E-state index is -1.22. The third-order valence-corrected chi connectivity index (χ3v) is 7.62. The molecule has 1 aliphatic rings. The van der Waals surface area contributed by atoms with Crippen LogP contribution in [0.4, 0.5) is 4.39 Å². The van der Waals surface area contributed by atoms with E-state index < -0.39 is 16.1 Å². The Morgan fingerprint density at radius 3 is 2.74 bits per heavy atom. The van der Waals surface area contributed by atoms with Crippen molar-refractivity contribution in [3.8, 4) is 0 Å². The maximum atomic E-state index is 14.0. The molecule has 1 aromatic heterocycles. The molecular formula is C16H16BrClFNOS2. The summed E-state index contributed by atoms with van der Waals surface area (Å²) in [5.41, 5.74) is 1.79. The van der Waals surface area contributed by atoms with Crippen molar-refractivity contribution in [3.63, 3.8) is 0 Å². The van der Waals surface area contributed by atoms with E-state index in [1.54, 1.807) is 6.07 Å². The molecule has 0 bridgehead atoms. The zero-order valence-corrected chi connectivity index (χ0v) is 16.9. The van der Waals surface area contributed by atoms with E-state index in [9.17, 15) is 8.94 Å². The van der Waals surface area contributed by atoms with E-state index in [-0.39, 0.29) is 11.9 Å². The van der Waals surface area contributed by atoms with Crippen molar-refractivity contribution in [3.05, 3.63) is 54.9 Å². The Kier molecular flexibility index (Phi) is 4.86. The Hall–Kier alpha value is -0.110. The van der Waals surface area contributed by atoms with Crippen LogP contribution in [0.3, 0.4) is 0 Å². The van der Waals surface area contributed by atoms with Crippen LogP contribution in [-0.2, 0) is 17.9 Å². The minimum Gasteiger partial charge on any atom is -0.597 e. The van der Waals surface area contributed by atoms with Gasteiger partial charge in [0.25, 0.3) is 0 Å². The van der Waals surface area contributed by atoms with Crippen LogP contribution >= 0.6 is 38.9 Å². The van der Waals surface area contributed by atoms with Gasteiger partial charge in [-0.3, -0.25) is 0 Å². The summed E-state index contributed by atoms with van der Waals surface area (Å²) in [6.07, 6.45) is 0. The Morgan fingerprint density at radius 2 is 2.09 bits per heavy atom. The number of nitrogens with zero attached hydrogens (tertiary/aromatic N) is 1. The quantitative estimate of drug-likeness (QED) is 0.567. The summed E-state index contributed by atoms with van der Waals surface area (Å²) in [4.78, 5) is 1.09. The molecule has 7 heteroatoms. The van der Waals surface area contributed by atoms with Gasteiger partial charge < -0.3 is 4.55 Å². The number of hydrogen-bond acceptors (Lipinski definition) is 3. The Bertz CT molecular complexity index is 746. The van der Waals surface area contributed by atoms with Crippen LogP contribution in [0, 0.1) is 5.82 Å². The third-order valence-electron chi connectivity index (χ3n) is 3.71. The molecule has 0 saturated heterocycles. The van der Waals surface area contributed by atoms with Crippen LogP contribution in [0.1, 0.15) is 42.8 Å². The van der Waals surface area contributed by atoms with Gasteiger partial charge in [-0.2, -0.15) is 0 Å². The van der Waals surface area contributed by atoms with E-state index in [0.717, 1.165) is 16.0 Å². The molecule has 2 atom stereocenters. The molecule has 0 saturated carbocycles. The molecule has 0 fully saturated rings. The molecule has 1 unspecified atom stereocenters. The largest absolute Gasteiger partial charge is 0.597 e. The van der Waals surface area contributed by atoms with E-state index >= 15 is 0 Å². The highest BCUT2D eigenvalue weighted by Gasteiger charge is 2.45. The van der Waals surface area contributed by atoms with E-state index in [4.69, 9.17) is 11.6 Å². The summed E-state index contributed by atoms with van der Waals surface area (Å²) < 4.78 is 29.7.